The number of hydrogen-bond donors (Lipinski definition) is 2. The Kier molecular flexibility index (Phi) is 5.01. The maximum atomic E-state index is 13.7. The molecule has 1 atom stereocenters. The molecule has 1 heterocycles. The van der Waals surface area contributed by atoms with E-state index in [1.807, 2.05) is 0 Å². The summed E-state index contributed by atoms with van der Waals surface area (Å²) in [6.45, 7) is 0.471. The second-order valence-corrected chi connectivity index (χ2v) is 5.43. The van der Waals surface area contributed by atoms with Gasteiger partial charge in [0.2, 0.25) is 0 Å². The van der Waals surface area contributed by atoms with Gasteiger partial charge in [-0.05, 0) is 37.5 Å². The van der Waals surface area contributed by atoms with Crippen molar-refractivity contribution < 1.29 is 19.1 Å². The summed E-state index contributed by atoms with van der Waals surface area (Å²) >= 11 is 5.65. The molecule has 2 rings (SSSR count). The van der Waals surface area contributed by atoms with Gasteiger partial charge >= 0.3 is 12.0 Å². The van der Waals surface area contributed by atoms with Gasteiger partial charge in [-0.2, -0.15) is 0 Å². The summed E-state index contributed by atoms with van der Waals surface area (Å²) in [5.74, 6) is -1.57. The SMILES string of the molecule is O=C(O)CC1CCCCN1C(=O)Nc1ccc(Cl)cc1F. The number of carboxylic acid groups (broad SMARTS) is 1. The summed E-state index contributed by atoms with van der Waals surface area (Å²) in [4.78, 5) is 24.5. The number of aliphatic carboxylic acids is 1. The van der Waals surface area contributed by atoms with E-state index in [0.29, 0.717) is 13.0 Å². The molecule has 1 aliphatic rings. The standard InChI is InChI=1S/C14H16ClFN2O3/c15-9-4-5-12(11(16)7-9)17-14(21)18-6-2-1-3-10(18)8-13(19)20/h4-5,7,10H,1-3,6,8H2,(H,17,21)(H,19,20). The first-order valence-corrected chi connectivity index (χ1v) is 7.09. The van der Waals surface area contributed by atoms with E-state index in [1.165, 1.54) is 17.0 Å². The van der Waals surface area contributed by atoms with Crippen molar-refractivity contribution in [3.8, 4) is 0 Å². The molecule has 0 spiro atoms. The Morgan fingerprint density at radius 2 is 2.19 bits per heavy atom. The van der Waals surface area contributed by atoms with Crippen LogP contribution in [0, 0.1) is 5.82 Å². The third-order valence-corrected chi connectivity index (χ3v) is 3.71. The van der Waals surface area contributed by atoms with Crippen LogP contribution in [0.15, 0.2) is 18.2 Å². The molecule has 1 unspecified atom stereocenters. The third kappa shape index (κ3) is 4.07. The lowest BCUT2D eigenvalue weighted by atomic mass is 10.00. The molecule has 2 amide bonds. The zero-order chi connectivity index (χ0) is 15.4. The minimum Gasteiger partial charge on any atom is -0.481 e. The van der Waals surface area contributed by atoms with Crippen LogP contribution in [0.25, 0.3) is 0 Å². The minimum atomic E-state index is -0.947. The van der Waals surface area contributed by atoms with E-state index < -0.39 is 17.8 Å². The molecule has 5 nitrogen and oxygen atoms in total. The number of urea groups is 1. The van der Waals surface area contributed by atoms with E-state index in [0.717, 1.165) is 18.9 Å². The quantitative estimate of drug-likeness (QED) is 0.899. The zero-order valence-electron chi connectivity index (χ0n) is 11.3. The Morgan fingerprint density at radius 1 is 1.43 bits per heavy atom. The van der Waals surface area contributed by atoms with Gasteiger partial charge in [-0.1, -0.05) is 11.6 Å². The number of rotatable bonds is 3. The van der Waals surface area contributed by atoms with Crippen LogP contribution in [0.5, 0.6) is 0 Å². The molecular weight excluding hydrogens is 299 g/mol. The number of benzene rings is 1. The Morgan fingerprint density at radius 3 is 2.86 bits per heavy atom. The van der Waals surface area contributed by atoms with Gasteiger partial charge in [0.1, 0.15) is 5.82 Å². The topological polar surface area (TPSA) is 69.6 Å². The molecule has 114 valence electrons. The molecule has 1 fully saturated rings. The molecule has 1 aliphatic heterocycles. The number of carboxylic acids is 1. The van der Waals surface area contributed by atoms with Crippen molar-refractivity contribution in [2.45, 2.75) is 31.7 Å². The third-order valence-electron chi connectivity index (χ3n) is 3.47. The van der Waals surface area contributed by atoms with E-state index in [1.54, 1.807) is 0 Å². The Labute approximate surface area is 126 Å². The monoisotopic (exact) mass is 314 g/mol. The molecule has 1 aromatic rings. The van der Waals surface area contributed by atoms with Gasteiger partial charge in [0.05, 0.1) is 12.1 Å². The highest BCUT2D eigenvalue weighted by Crippen LogP contribution is 2.23. The minimum absolute atomic E-state index is 0.0315. The number of nitrogens with one attached hydrogen (secondary N) is 1. The van der Waals surface area contributed by atoms with Crippen LogP contribution in [-0.2, 0) is 4.79 Å². The molecule has 0 bridgehead atoms. The Hall–Kier alpha value is -1.82. The maximum absolute atomic E-state index is 13.7. The van der Waals surface area contributed by atoms with Crippen molar-refractivity contribution in [2.75, 3.05) is 11.9 Å². The first kappa shape index (κ1) is 15.6. The lowest BCUT2D eigenvalue weighted by molar-refractivity contribution is -0.138. The number of halogens is 2. The van der Waals surface area contributed by atoms with Crippen molar-refractivity contribution in [2.24, 2.45) is 0 Å². The van der Waals surface area contributed by atoms with Gasteiger partial charge in [0.25, 0.3) is 0 Å². The van der Waals surface area contributed by atoms with Crippen molar-refractivity contribution in [3.63, 3.8) is 0 Å². The summed E-state index contributed by atoms with van der Waals surface area (Å²) < 4.78 is 13.7. The van der Waals surface area contributed by atoms with Crippen LogP contribution in [0.1, 0.15) is 25.7 Å². The Bertz CT molecular complexity index is 553. The number of carbonyl (C=O) groups is 2. The molecule has 21 heavy (non-hydrogen) atoms. The van der Waals surface area contributed by atoms with Gasteiger partial charge in [-0.25, -0.2) is 9.18 Å². The Balaban J connectivity index is 2.08. The van der Waals surface area contributed by atoms with E-state index in [2.05, 4.69) is 5.32 Å². The fraction of sp³-hybridized carbons (Fsp3) is 0.429. The second kappa shape index (κ2) is 6.76. The largest absolute Gasteiger partial charge is 0.481 e. The van der Waals surface area contributed by atoms with Crippen molar-refractivity contribution >= 4 is 29.3 Å². The highest BCUT2D eigenvalue weighted by molar-refractivity contribution is 6.30. The summed E-state index contributed by atoms with van der Waals surface area (Å²) in [5, 5.41) is 11.6. The van der Waals surface area contributed by atoms with Gasteiger partial charge in [0, 0.05) is 17.6 Å². The van der Waals surface area contributed by atoms with E-state index in [4.69, 9.17) is 16.7 Å². The molecule has 0 aliphatic carbocycles. The van der Waals surface area contributed by atoms with E-state index in [9.17, 15) is 14.0 Å². The molecule has 2 N–H and O–H groups in total. The number of amides is 2. The molecule has 0 radical (unpaired) electrons. The predicted octanol–water partition coefficient (Wildman–Crippen LogP) is 3.34. The van der Waals surface area contributed by atoms with Crippen LogP contribution in [0.2, 0.25) is 5.02 Å². The fourth-order valence-electron chi connectivity index (χ4n) is 2.46. The summed E-state index contributed by atoms with van der Waals surface area (Å²) in [6.07, 6.45) is 2.24. The summed E-state index contributed by atoms with van der Waals surface area (Å²) in [5.41, 5.74) is 0.0315. The number of piperidine rings is 1. The maximum Gasteiger partial charge on any atom is 0.322 e. The molecule has 0 saturated carbocycles. The summed E-state index contributed by atoms with van der Waals surface area (Å²) in [6, 6.07) is 3.13. The van der Waals surface area contributed by atoms with Crippen LogP contribution < -0.4 is 5.32 Å². The number of hydrogen-bond acceptors (Lipinski definition) is 2. The van der Waals surface area contributed by atoms with Crippen LogP contribution >= 0.6 is 11.6 Å². The van der Waals surface area contributed by atoms with Crippen LogP contribution in [0.4, 0.5) is 14.9 Å². The van der Waals surface area contributed by atoms with Crippen molar-refractivity contribution in [3.05, 3.63) is 29.0 Å². The number of carbonyl (C=O) groups excluding carboxylic acids is 1. The van der Waals surface area contributed by atoms with Crippen molar-refractivity contribution in [1.29, 1.82) is 0 Å². The predicted molar refractivity (Wildman–Crippen MR) is 77.0 cm³/mol. The number of likely N-dealkylation sites (tertiary alicyclic amines) is 1. The molecule has 7 heteroatoms. The van der Waals surface area contributed by atoms with Crippen molar-refractivity contribution in [1.82, 2.24) is 4.90 Å². The second-order valence-electron chi connectivity index (χ2n) is 5.00. The van der Waals surface area contributed by atoms with Gasteiger partial charge < -0.3 is 15.3 Å². The average molecular weight is 315 g/mol. The van der Waals surface area contributed by atoms with E-state index in [-0.39, 0.29) is 23.2 Å². The highest BCUT2D eigenvalue weighted by atomic mass is 35.5. The average Bonchev–Trinajstić information content (AvgIpc) is 2.42. The molecular formula is C14H16ClFN2O3. The van der Waals surface area contributed by atoms with Gasteiger partial charge in [0.15, 0.2) is 0 Å². The van der Waals surface area contributed by atoms with Crippen LogP contribution in [-0.4, -0.2) is 34.6 Å². The number of anilines is 1. The normalized spacial score (nSPS) is 18.4. The zero-order valence-corrected chi connectivity index (χ0v) is 12.1. The molecule has 1 saturated heterocycles. The number of nitrogens with zero attached hydrogens (tertiary/aromatic N) is 1. The van der Waals surface area contributed by atoms with Gasteiger partial charge in [-0.15, -0.1) is 0 Å². The first-order valence-electron chi connectivity index (χ1n) is 6.72. The summed E-state index contributed by atoms with van der Waals surface area (Å²) in [7, 11) is 0. The lowest BCUT2D eigenvalue weighted by Gasteiger charge is -2.34. The van der Waals surface area contributed by atoms with Crippen LogP contribution in [0.3, 0.4) is 0 Å². The molecule has 1 aromatic carbocycles. The smallest absolute Gasteiger partial charge is 0.322 e. The fourth-order valence-corrected chi connectivity index (χ4v) is 2.62. The van der Waals surface area contributed by atoms with E-state index >= 15 is 0 Å². The first-order chi connectivity index (χ1) is 9.97. The molecule has 0 aromatic heterocycles. The lowest BCUT2D eigenvalue weighted by Crippen LogP contribution is -2.46. The van der Waals surface area contributed by atoms with Gasteiger partial charge in [-0.3, -0.25) is 4.79 Å². The highest BCUT2D eigenvalue weighted by Gasteiger charge is 2.28.